The van der Waals surface area contributed by atoms with Gasteiger partial charge < -0.3 is 20.4 Å². The molecule has 0 rings (SSSR count). The van der Waals surface area contributed by atoms with Gasteiger partial charge in [0.25, 0.3) is 0 Å². The zero-order valence-electron chi connectivity index (χ0n) is 13.9. The van der Waals surface area contributed by atoms with E-state index in [1.165, 1.54) is 0 Å². The van der Waals surface area contributed by atoms with Crippen LogP contribution < -0.4 is 0 Å². The van der Waals surface area contributed by atoms with Crippen molar-refractivity contribution in [3.05, 3.63) is 22.7 Å². The minimum Gasteiger partial charge on any atom is -0.511 e. The predicted octanol–water partition coefficient (Wildman–Crippen LogP) is 4.00. The molecule has 0 heterocycles. The van der Waals surface area contributed by atoms with Gasteiger partial charge in [-0.2, -0.15) is 0 Å². The molecule has 21 heavy (non-hydrogen) atoms. The number of aliphatic hydroxyl groups is 4. The Morgan fingerprint density at radius 2 is 1.05 bits per heavy atom. The van der Waals surface area contributed by atoms with Crippen LogP contribution >= 0.6 is 0 Å². The van der Waals surface area contributed by atoms with Crippen molar-refractivity contribution in [2.24, 2.45) is 5.41 Å². The van der Waals surface area contributed by atoms with E-state index in [2.05, 4.69) is 0 Å². The van der Waals surface area contributed by atoms with E-state index in [1.54, 1.807) is 0 Å². The first-order chi connectivity index (χ1) is 9.98. The van der Waals surface area contributed by atoms with Gasteiger partial charge in [0.1, 0.15) is 16.9 Å². The van der Waals surface area contributed by atoms with E-state index in [0.29, 0.717) is 25.7 Å². The number of hydrogen-bond donors (Lipinski definition) is 4. The van der Waals surface area contributed by atoms with Crippen LogP contribution in [0.15, 0.2) is 22.7 Å². The van der Waals surface area contributed by atoms with Gasteiger partial charge in [0.2, 0.25) is 0 Å². The Balaban J connectivity index is 6.04. The Hall–Kier alpha value is -1.00. The highest BCUT2D eigenvalue weighted by Crippen LogP contribution is 2.38. The molecule has 0 aliphatic rings. The van der Waals surface area contributed by atoms with Gasteiger partial charge in [-0.1, -0.05) is 40.5 Å². The third-order valence-electron chi connectivity index (χ3n) is 4.07. The maximum atomic E-state index is 10.6. The molecule has 0 fully saturated rings. The zero-order chi connectivity index (χ0) is 16.5. The van der Waals surface area contributed by atoms with Crippen LogP contribution in [0.25, 0.3) is 0 Å². The maximum Gasteiger partial charge on any atom is 0.130 e. The van der Waals surface area contributed by atoms with Crippen LogP contribution in [0.3, 0.4) is 0 Å². The number of allylic oxidation sites excluding steroid dienone is 2. The molecule has 4 nitrogen and oxygen atoms in total. The minimum atomic E-state index is -1.47. The molecule has 0 saturated carbocycles. The molecular formula is C17H32O4. The molecule has 0 unspecified atom stereocenters. The topological polar surface area (TPSA) is 80.9 Å². The Morgan fingerprint density at radius 3 is 1.24 bits per heavy atom. The highest BCUT2D eigenvalue weighted by atomic mass is 16.3. The summed E-state index contributed by atoms with van der Waals surface area (Å²) in [4.78, 5) is 0. The molecule has 0 aliphatic heterocycles. The van der Waals surface area contributed by atoms with Crippen molar-refractivity contribution in [1.29, 1.82) is 0 Å². The standard InChI is InChI=1S/C17H32O4/c1-5-9-13(7-3)15(20)17(11-18,12-19)16(21)14(8-4)10-6-2/h18-21H,5-12H2,1-4H3. The highest BCUT2D eigenvalue weighted by Gasteiger charge is 2.41. The normalized spacial score (nSPS) is 14.8. The summed E-state index contributed by atoms with van der Waals surface area (Å²) >= 11 is 0. The summed E-state index contributed by atoms with van der Waals surface area (Å²) in [7, 11) is 0. The van der Waals surface area contributed by atoms with Gasteiger partial charge in [0, 0.05) is 0 Å². The average molecular weight is 300 g/mol. The Kier molecular flexibility index (Phi) is 9.38. The van der Waals surface area contributed by atoms with Crippen LogP contribution in [0.5, 0.6) is 0 Å². The van der Waals surface area contributed by atoms with Gasteiger partial charge >= 0.3 is 0 Å². The quantitative estimate of drug-likeness (QED) is 0.460. The summed E-state index contributed by atoms with van der Waals surface area (Å²) in [5.41, 5.74) is 0.0827. The van der Waals surface area contributed by atoms with Crippen LogP contribution in [0.4, 0.5) is 0 Å². The molecule has 0 amide bonds. The smallest absolute Gasteiger partial charge is 0.130 e. The molecule has 4 heteroatoms. The second-order valence-electron chi connectivity index (χ2n) is 5.51. The van der Waals surface area contributed by atoms with Crippen molar-refractivity contribution in [2.75, 3.05) is 13.2 Å². The zero-order valence-corrected chi connectivity index (χ0v) is 13.9. The summed E-state index contributed by atoms with van der Waals surface area (Å²) < 4.78 is 0. The van der Waals surface area contributed by atoms with Crippen molar-refractivity contribution in [2.45, 2.75) is 66.2 Å². The first kappa shape index (κ1) is 20.0. The lowest BCUT2D eigenvalue weighted by Gasteiger charge is -2.32. The van der Waals surface area contributed by atoms with Gasteiger partial charge in [0.05, 0.1) is 13.2 Å². The lowest BCUT2D eigenvalue weighted by molar-refractivity contribution is 0.0413. The van der Waals surface area contributed by atoms with E-state index in [4.69, 9.17) is 0 Å². The van der Waals surface area contributed by atoms with Crippen LogP contribution in [0.2, 0.25) is 0 Å². The van der Waals surface area contributed by atoms with Gasteiger partial charge in [0.15, 0.2) is 0 Å². The number of aliphatic hydroxyl groups excluding tert-OH is 4. The highest BCUT2D eigenvalue weighted by molar-refractivity contribution is 5.29. The van der Waals surface area contributed by atoms with Gasteiger partial charge in [-0.25, -0.2) is 0 Å². The molecule has 0 saturated heterocycles. The third-order valence-corrected chi connectivity index (χ3v) is 4.07. The van der Waals surface area contributed by atoms with E-state index in [-0.39, 0.29) is 11.5 Å². The molecule has 4 N–H and O–H groups in total. The van der Waals surface area contributed by atoms with Crippen molar-refractivity contribution < 1.29 is 20.4 Å². The lowest BCUT2D eigenvalue weighted by Crippen LogP contribution is -2.36. The third kappa shape index (κ3) is 4.48. The Morgan fingerprint density at radius 1 is 0.714 bits per heavy atom. The van der Waals surface area contributed by atoms with Crippen molar-refractivity contribution in [1.82, 2.24) is 0 Å². The second-order valence-corrected chi connectivity index (χ2v) is 5.51. The monoisotopic (exact) mass is 300 g/mol. The first-order valence-electron chi connectivity index (χ1n) is 8.03. The first-order valence-corrected chi connectivity index (χ1v) is 8.03. The molecule has 0 aromatic carbocycles. The summed E-state index contributed by atoms with van der Waals surface area (Å²) in [6.45, 7) is 6.84. The predicted molar refractivity (Wildman–Crippen MR) is 86.3 cm³/mol. The molecule has 0 aliphatic carbocycles. The molecule has 124 valence electrons. The van der Waals surface area contributed by atoms with Gasteiger partial charge in [-0.3, -0.25) is 0 Å². The van der Waals surface area contributed by atoms with Crippen molar-refractivity contribution in [3.8, 4) is 0 Å². The van der Waals surface area contributed by atoms with Crippen molar-refractivity contribution >= 4 is 0 Å². The second kappa shape index (κ2) is 9.85. The van der Waals surface area contributed by atoms with Crippen LogP contribution in [-0.4, -0.2) is 33.6 Å². The van der Waals surface area contributed by atoms with Gasteiger partial charge in [-0.15, -0.1) is 0 Å². The van der Waals surface area contributed by atoms with Crippen LogP contribution in [0.1, 0.15) is 66.2 Å². The molecule has 0 radical (unpaired) electrons. The molecule has 0 bridgehead atoms. The lowest BCUT2D eigenvalue weighted by atomic mass is 9.79. The van der Waals surface area contributed by atoms with E-state index in [9.17, 15) is 20.4 Å². The number of rotatable bonds is 10. The Bertz CT molecular complexity index is 333. The van der Waals surface area contributed by atoms with Gasteiger partial charge in [-0.05, 0) is 36.8 Å². The molecule has 0 aromatic rings. The largest absolute Gasteiger partial charge is 0.511 e. The van der Waals surface area contributed by atoms with E-state index < -0.39 is 18.6 Å². The summed E-state index contributed by atoms with van der Waals surface area (Å²) in [6.07, 6.45) is 4.35. The summed E-state index contributed by atoms with van der Waals surface area (Å²) in [5, 5.41) is 40.8. The fourth-order valence-corrected chi connectivity index (χ4v) is 2.67. The molecule has 0 aromatic heterocycles. The van der Waals surface area contributed by atoms with Crippen molar-refractivity contribution in [3.63, 3.8) is 0 Å². The molecule has 0 spiro atoms. The summed E-state index contributed by atoms with van der Waals surface area (Å²) in [6, 6.07) is 0. The van der Waals surface area contributed by atoms with E-state index in [1.807, 2.05) is 27.7 Å². The average Bonchev–Trinajstić information content (AvgIpc) is 2.51. The maximum absolute atomic E-state index is 10.6. The molecule has 0 atom stereocenters. The summed E-state index contributed by atoms with van der Waals surface area (Å²) in [5.74, 6) is -0.146. The molecular weight excluding hydrogens is 268 g/mol. The van der Waals surface area contributed by atoms with E-state index in [0.717, 1.165) is 24.0 Å². The Labute approximate surface area is 128 Å². The fourth-order valence-electron chi connectivity index (χ4n) is 2.67. The fraction of sp³-hybridized carbons (Fsp3) is 0.765. The van der Waals surface area contributed by atoms with Crippen LogP contribution in [0, 0.1) is 5.41 Å². The van der Waals surface area contributed by atoms with Crippen LogP contribution in [-0.2, 0) is 0 Å². The SMILES string of the molecule is CCCC(CC)=C(O)C(CO)(CO)C(O)=C(CC)CCC. The number of hydrogen-bond acceptors (Lipinski definition) is 4. The minimum absolute atomic E-state index is 0.0728. The van der Waals surface area contributed by atoms with E-state index >= 15 is 0 Å².